The maximum atomic E-state index is 5.58. The maximum absolute atomic E-state index is 5.58. The zero-order valence-corrected chi connectivity index (χ0v) is 12.6. The number of aromatic nitrogens is 1. The fourth-order valence-corrected chi connectivity index (χ4v) is 2.37. The van der Waals surface area contributed by atoms with Gasteiger partial charge in [-0.05, 0) is 43.5 Å². The lowest BCUT2D eigenvalue weighted by Gasteiger charge is -2.21. The summed E-state index contributed by atoms with van der Waals surface area (Å²) < 4.78 is 0. The third kappa shape index (κ3) is 3.58. The predicted molar refractivity (Wildman–Crippen MR) is 85.0 cm³/mol. The molecule has 0 spiro atoms. The van der Waals surface area contributed by atoms with Gasteiger partial charge in [0.1, 0.15) is 5.82 Å². The highest BCUT2D eigenvalue weighted by Gasteiger charge is 2.07. The van der Waals surface area contributed by atoms with Crippen molar-refractivity contribution < 1.29 is 0 Å². The Hall–Kier alpha value is -1.87. The standard InChI is InChI=1S/C17H23N3/c1-13-4-6-15(7-5-13)12-20(3)17-14(2)10-16(8-9-18)11-19-17/h4-7,10-11H,8-9,12,18H2,1-3H3. The minimum atomic E-state index is 0.666. The first-order valence-electron chi connectivity index (χ1n) is 7.02. The summed E-state index contributed by atoms with van der Waals surface area (Å²) in [5, 5.41) is 0. The molecule has 2 rings (SSSR count). The molecule has 0 unspecified atom stereocenters. The Morgan fingerprint density at radius 3 is 2.40 bits per heavy atom. The van der Waals surface area contributed by atoms with Crippen LogP contribution in [0.1, 0.15) is 22.3 Å². The van der Waals surface area contributed by atoms with Crippen LogP contribution < -0.4 is 10.6 Å². The highest BCUT2D eigenvalue weighted by molar-refractivity contribution is 5.47. The average Bonchev–Trinajstić information content (AvgIpc) is 2.42. The number of anilines is 1. The lowest BCUT2D eigenvalue weighted by Crippen LogP contribution is -2.19. The van der Waals surface area contributed by atoms with Gasteiger partial charge in [-0.2, -0.15) is 0 Å². The van der Waals surface area contributed by atoms with Crippen molar-refractivity contribution in [2.75, 3.05) is 18.5 Å². The van der Waals surface area contributed by atoms with E-state index in [4.69, 9.17) is 5.73 Å². The summed E-state index contributed by atoms with van der Waals surface area (Å²) in [6.07, 6.45) is 2.82. The smallest absolute Gasteiger partial charge is 0.131 e. The van der Waals surface area contributed by atoms with Crippen molar-refractivity contribution in [3.05, 3.63) is 58.8 Å². The molecule has 0 bridgehead atoms. The Bertz CT molecular complexity index is 561. The minimum Gasteiger partial charge on any atom is -0.355 e. The Balaban J connectivity index is 2.12. The fourth-order valence-electron chi connectivity index (χ4n) is 2.37. The summed E-state index contributed by atoms with van der Waals surface area (Å²) in [4.78, 5) is 6.77. The summed E-state index contributed by atoms with van der Waals surface area (Å²) in [5.41, 5.74) is 10.6. The van der Waals surface area contributed by atoms with Crippen LogP contribution in [0.25, 0.3) is 0 Å². The molecule has 3 nitrogen and oxygen atoms in total. The van der Waals surface area contributed by atoms with Gasteiger partial charge in [-0.1, -0.05) is 35.9 Å². The normalized spacial score (nSPS) is 10.6. The second-order valence-corrected chi connectivity index (χ2v) is 5.36. The van der Waals surface area contributed by atoms with Crippen molar-refractivity contribution >= 4 is 5.82 Å². The largest absolute Gasteiger partial charge is 0.355 e. The van der Waals surface area contributed by atoms with Gasteiger partial charge in [-0.3, -0.25) is 0 Å². The van der Waals surface area contributed by atoms with Gasteiger partial charge in [0, 0.05) is 19.8 Å². The van der Waals surface area contributed by atoms with Crippen molar-refractivity contribution in [2.45, 2.75) is 26.8 Å². The number of benzene rings is 1. The minimum absolute atomic E-state index is 0.666. The first kappa shape index (κ1) is 14.5. The summed E-state index contributed by atoms with van der Waals surface area (Å²) in [5.74, 6) is 1.03. The number of hydrogen-bond donors (Lipinski definition) is 1. The monoisotopic (exact) mass is 269 g/mol. The molecule has 2 aromatic rings. The molecule has 1 heterocycles. The molecule has 0 amide bonds. The van der Waals surface area contributed by atoms with E-state index >= 15 is 0 Å². The molecular formula is C17H23N3. The highest BCUT2D eigenvalue weighted by Crippen LogP contribution is 2.19. The second kappa shape index (κ2) is 6.53. The summed E-state index contributed by atoms with van der Waals surface area (Å²) in [6.45, 7) is 5.74. The van der Waals surface area contributed by atoms with Crippen molar-refractivity contribution in [1.29, 1.82) is 0 Å². The van der Waals surface area contributed by atoms with Gasteiger partial charge < -0.3 is 10.6 Å². The van der Waals surface area contributed by atoms with E-state index in [1.54, 1.807) is 0 Å². The van der Waals surface area contributed by atoms with Crippen LogP contribution in [-0.4, -0.2) is 18.6 Å². The summed E-state index contributed by atoms with van der Waals surface area (Å²) >= 11 is 0. The number of rotatable bonds is 5. The number of hydrogen-bond acceptors (Lipinski definition) is 3. The molecule has 1 aromatic heterocycles. The zero-order chi connectivity index (χ0) is 14.5. The van der Waals surface area contributed by atoms with Gasteiger partial charge >= 0.3 is 0 Å². The van der Waals surface area contributed by atoms with Gasteiger partial charge in [0.2, 0.25) is 0 Å². The first-order valence-corrected chi connectivity index (χ1v) is 7.02. The third-order valence-corrected chi connectivity index (χ3v) is 3.44. The lowest BCUT2D eigenvalue weighted by molar-refractivity contribution is 0.880. The molecule has 3 heteroatoms. The zero-order valence-electron chi connectivity index (χ0n) is 12.6. The quantitative estimate of drug-likeness (QED) is 0.907. The van der Waals surface area contributed by atoms with Crippen molar-refractivity contribution in [2.24, 2.45) is 5.73 Å². The predicted octanol–water partition coefficient (Wildman–Crippen LogP) is 2.84. The van der Waals surface area contributed by atoms with Crippen LogP contribution >= 0.6 is 0 Å². The number of nitrogens with zero attached hydrogens (tertiary/aromatic N) is 2. The molecule has 1 aromatic carbocycles. The Kier molecular flexibility index (Phi) is 4.74. The van der Waals surface area contributed by atoms with Gasteiger partial charge in [0.15, 0.2) is 0 Å². The molecule has 0 fully saturated rings. The molecule has 0 saturated carbocycles. The van der Waals surface area contributed by atoms with Gasteiger partial charge in [0.05, 0.1) is 0 Å². The summed E-state index contributed by atoms with van der Waals surface area (Å²) in [6, 6.07) is 10.8. The van der Waals surface area contributed by atoms with E-state index in [1.165, 1.54) is 22.3 Å². The van der Waals surface area contributed by atoms with Crippen LogP contribution in [0.5, 0.6) is 0 Å². The van der Waals surface area contributed by atoms with E-state index in [9.17, 15) is 0 Å². The lowest BCUT2D eigenvalue weighted by atomic mass is 10.1. The van der Waals surface area contributed by atoms with Crippen LogP contribution in [0.3, 0.4) is 0 Å². The van der Waals surface area contributed by atoms with Crippen LogP contribution in [0.15, 0.2) is 36.5 Å². The van der Waals surface area contributed by atoms with Gasteiger partial charge in [-0.15, -0.1) is 0 Å². The molecule has 0 aliphatic rings. The third-order valence-electron chi connectivity index (χ3n) is 3.44. The molecule has 2 N–H and O–H groups in total. The Morgan fingerprint density at radius 1 is 1.10 bits per heavy atom. The first-order chi connectivity index (χ1) is 9.60. The van der Waals surface area contributed by atoms with Gasteiger partial charge in [-0.25, -0.2) is 4.98 Å². The van der Waals surface area contributed by atoms with E-state index in [0.717, 1.165) is 18.8 Å². The van der Waals surface area contributed by atoms with E-state index in [1.807, 2.05) is 6.20 Å². The Morgan fingerprint density at radius 2 is 1.80 bits per heavy atom. The van der Waals surface area contributed by atoms with E-state index in [-0.39, 0.29) is 0 Å². The maximum Gasteiger partial charge on any atom is 0.131 e. The van der Waals surface area contributed by atoms with E-state index < -0.39 is 0 Å². The topological polar surface area (TPSA) is 42.2 Å². The van der Waals surface area contributed by atoms with E-state index in [0.29, 0.717) is 6.54 Å². The van der Waals surface area contributed by atoms with Gasteiger partial charge in [0.25, 0.3) is 0 Å². The average molecular weight is 269 g/mol. The molecule has 106 valence electrons. The molecule has 0 aliphatic carbocycles. The Labute approximate surface area is 121 Å². The van der Waals surface area contributed by atoms with E-state index in [2.05, 4.69) is 61.1 Å². The molecule has 0 radical (unpaired) electrons. The van der Waals surface area contributed by atoms with Crippen molar-refractivity contribution in [3.63, 3.8) is 0 Å². The molecule has 20 heavy (non-hydrogen) atoms. The van der Waals surface area contributed by atoms with Crippen molar-refractivity contribution in [3.8, 4) is 0 Å². The molecule has 0 saturated heterocycles. The second-order valence-electron chi connectivity index (χ2n) is 5.36. The van der Waals surface area contributed by atoms with Crippen LogP contribution in [0.2, 0.25) is 0 Å². The summed E-state index contributed by atoms with van der Waals surface area (Å²) in [7, 11) is 2.08. The van der Waals surface area contributed by atoms with Crippen LogP contribution in [0.4, 0.5) is 5.82 Å². The van der Waals surface area contributed by atoms with Crippen LogP contribution in [-0.2, 0) is 13.0 Å². The molecule has 0 aliphatic heterocycles. The number of aryl methyl sites for hydroxylation is 2. The SMILES string of the molecule is Cc1ccc(CN(C)c2ncc(CCN)cc2C)cc1. The highest BCUT2D eigenvalue weighted by atomic mass is 15.2. The molecule has 0 atom stereocenters. The number of pyridine rings is 1. The van der Waals surface area contributed by atoms with Crippen LogP contribution in [0, 0.1) is 13.8 Å². The fraction of sp³-hybridized carbons (Fsp3) is 0.353. The number of nitrogens with two attached hydrogens (primary N) is 1. The molecular weight excluding hydrogens is 246 g/mol. The van der Waals surface area contributed by atoms with Crippen molar-refractivity contribution in [1.82, 2.24) is 4.98 Å².